The highest BCUT2D eigenvalue weighted by molar-refractivity contribution is 7.80. The fourth-order valence-electron chi connectivity index (χ4n) is 1.92. The number of rotatable bonds is 4. The lowest BCUT2D eigenvalue weighted by molar-refractivity contribution is -0.118. The molecule has 1 aromatic carbocycles. The summed E-state index contributed by atoms with van der Waals surface area (Å²) in [7, 11) is 3.87. The van der Waals surface area contributed by atoms with Crippen LogP contribution in [0.5, 0.6) is 0 Å². The van der Waals surface area contributed by atoms with E-state index in [4.69, 9.17) is 18.0 Å². The van der Waals surface area contributed by atoms with Crippen molar-refractivity contribution in [2.75, 3.05) is 24.3 Å². The Kier molecular flexibility index (Phi) is 3.26. The third kappa shape index (κ3) is 2.18. The van der Waals surface area contributed by atoms with Crippen molar-refractivity contribution < 1.29 is 4.79 Å². The molecule has 1 aliphatic carbocycles. The van der Waals surface area contributed by atoms with Crippen molar-refractivity contribution in [2.24, 2.45) is 11.1 Å². The van der Waals surface area contributed by atoms with Gasteiger partial charge in [0.05, 0.1) is 21.8 Å². The number of para-hydroxylation sites is 2. The van der Waals surface area contributed by atoms with Crippen LogP contribution in [0.3, 0.4) is 0 Å². The lowest BCUT2D eigenvalue weighted by Crippen LogP contribution is -2.35. The number of thiocarbonyl (C=S) groups is 1. The first kappa shape index (κ1) is 12.8. The summed E-state index contributed by atoms with van der Waals surface area (Å²) in [4.78, 5) is 14.5. The minimum Gasteiger partial charge on any atom is -0.392 e. The monoisotopic (exact) mass is 263 g/mol. The van der Waals surface area contributed by atoms with Crippen molar-refractivity contribution in [1.29, 1.82) is 0 Å². The van der Waals surface area contributed by atoms with E-state index in [0.29, 0.717) is 4.99 Å². The Morgan fingerprint density at radius 1 is 1.39 bits per heavy atom. The number of hydrogen-bond acceptors (Lipinski definition) is 3. The number of benzene rings is 1. The summed E-state index contributed by atoms with van der Waals surface area (Å²) in [5, 5.41) is 2.93. The first-order valence-electron chi connectivity index (χ1n) is 5.85. The first-order chi connectivity index (χ1) is 8.47. The minimum atomic E-state index is -0.616. The van der Waals surface area contributed by atoms with E-state index >= 15 is 0 Å². The molecule has 0 aromatic heterocycles. The maximum Gasteiger partial charge on any atom is 0.237 e. The van der Waals surface area contributed by atoms with Crippen molar-refractivity contribution in [3.8, 4) is 0 Å². The van der Waals surface area contributed by atoms with Crippen molar-refractivity contribution in [3.63, 3.8) is 0 Å². The van der Waals surface area contributed by atoms with Gasteiger partial charge in [0.25, 0.3) is 0 Å². The average Bonchev–Trinajstić information content (AvgIpc) is 3.10. The van der Waals surface area contributed by atoms with Crippen LogP contribution in [0.4, 0.5) is 11.4 Å². The highest BCUT2D eigenvalue weighted by Crippen LogP contribution is 2.47. The molecule has 96 valence electrons. The zero-order valence-corrected chi connectivity index (χ0v) is 11.4. The van der Waals surface area contributed by atoms with Crippen molar-refractivity contribution in [2.45, 2.75) is 12.8 Å². The van der Waals surface area contributed by atoms with Gasteiger partial charge in [0.15, 0.2) is 0 Å². The summed E-state index contributed by atoms with van der Waals surface area (Å²) >= 11 is 4.98. The number of anilines is 2. The van der Waals surface area contributed by atoms with Gasteiger partial charge in [-0.25, -0.2) is 0 Å². The lowest BCUT2D eigenvalue weighted by Gasteiger charge is -2.20. The topological polar surface area (TPSA) is 58.4 Å². The fourth-order valence-corrected chi connectivity index (χ4v) is 2.22. The number of nitrogens with one attached hydrogen (secondary N) is 1. The zero-order valence-electron chi connectivity index (χ0n) is 10.6. The van der Waals surface area contributed by atoms with Gasteiger partial charge in [0, 0.05) is 14.1 Å². The minimum absolute atomic E-state index is 0.0932. The third-order valence-corrected chi connectivity index (χ3v) is 3.68. The van der Waals surface area contributed by atoms with E-state index in [1.54, 1.807) is 0 Å². The van der Waals surface area contributed by atoms with E-state index in [1.807, 2.05) is 43.3 Å². The second kappa shape index (κ2) is 4.57. The molecular weight excluding hydrogens is 246 g/mol. The standard InChI is InChI=1S/C13H17N3OS/c1-16(2)10-6-4-3-5-9(10)15-12(17)13(7-8-13)11(14)18/h3-6H,7-8H2,1-2H3,(H2,14,18)(H,15,17). The van der Waals surface area contributed by atoms with Gasteiger partial charge in [-0.1, -0.05) is 24.4 Å². The molecular formula is C13H17N3OS. The summed E-state index contributed by atoms with van der Waals surface area (Å²) in [6, 6.07) is 7.66. The maximum absolute atomic E-state index is 12.2. The maximum atomic E-state index is 12.2. The molecule has 0 bridgehead atoms. The molecule has 4 nitrogen and oxygen atoms in total. The molecule has 2 rings (SSSR count). The van der Waals surface area contributed by atoms with Gasteiger partial charge >= 0.3 is 0 Å². The molecule has 1 fully saturated rings. The molecule has 3 N–H and O–H groups in total. The zero-order chi connectivity index (χ0) is 13.3. The number of nitrogens with two attached hydrogens (primary N) is 1. The average molecular weight is 263 g/mol. The Hall–Kier alpha value is -1.62. The molecule has 1 amide bonds. The van der Waals surface area contributed by atoms with E-state index in [9.17, 15) is 4.79 Å². The smallest absolute Gasteiger partial charge is 0.237 e. The van der Waals surface area contributed by atoms with Gasteiger partial charge in [-0.15, -0.1) is 0 Å². The predicted octanol–water partition coefficient (Wildman–Crippen LogP) is 1.76. The van der Waals surface area contributed by atoms with Crippen LogP contribution in [-0.4, -0.2) is 25.0 Å². The SMILES string of the molecule is CN(C)c1ccccc1NC(=O)C1(C(N)=S)CC1. The highest BCUT2D eigenvalue weighted by Gasteiger charge is 2.52. The van der Waals surface area contributed by atoms with Gasteiger partial charge < -0.3 is 16.0 Å². The van der Waals surface area contributed by atoms with Gasteiger partial charge in [-0.05, 0) is 25.0 Å². The normalized spacial score (nSPS) is 15.9. The summed E-state index contributed by atoms with van der Waals surface area (Å²) in [6.45, 7) is 0. The number of carbonyl (C=O) groups excluding carboxylic acids is 1. The van der Waals surface area contributed by atoms with Crippen molar-refractivity contribution >= 4 is 34.5 Å². The molecule has 1 aliphatic rings. The van der Waals surface area contributed by atoms with E-state index in [0.717, 1.165) is 24.2 Å². The fraction of sp³-hybridized carbons (Fsp3) is 0.385. The first-order valence-corrected chi connectivity index (χ1v) is 6.26. The molecule has 0 aliphatic heterocycles. The summed E-state index contributed by atoms with van der Waals surface area (Å²) < 4.78 is 0. The predicted molar refractivity (Wildman–Crippen MR) is 77.9 cm³/mol. The van der Waals surface area contributed by atoms with Crippen LogP contribution in [0.15, 0.2) is 24.3 Å². The molecule has 0 atom stereocenters. The van der Waals surface area contributed by atoms with Crippen molar-refractivity contribution in [1.82, 2.24) is 0 Å². The lowest BCUT2D eigenvalue weighted by atomic mass is 10.1. The van der Waals surface area contributed by atoms with E-state index in [1.165, 1.54) is 0 Å². The van der Waals surface area contributed by atoms with Gasteiger partial charge in [-0.2, -0.15) is 0 Å². The van der Waals surface area contributed by atoms with E-state index in [-0.39, 0.29) is 5.91 Å². The van der Waals surface area contributed by atoms with Crippen LogP contribution in [0.2, 0.25) is 0 Å². The van der Waals surface area contributed by atoms with Gasteiger partial charge in [0.2, 0.25) is 5.91 Å². The Labute approximate surface area is 112 Å². The molecule has 0 radical (unpaired) electrons. The van der Waals surface area contributed by atoms with Crippen LogP contribution in [0.1, 0.15) is 12.8 Å². The van der Waals surface area contributed by atoms with Crippen molar-refractivity contribution in [3.05, 3.63) is 24.3 Å². The third-order valence-electron chi connectivity index (χ3n) is 3.29. The molecule has 0 unspecified atom stereocenters. The second-order valence-corrected chi connectivity index (χ2v) is 5.25. The van der Waals surface area contributed by atoms with E-state index in [2.05, 4.69) is 5.32 Å². The van der Waals surface area contributed by atoms with Crippen LogP contribution in [-0.2, 0) is 4.79 Å². The summed E-state index contributed by atoms with van der Waals surface area (Å²) in [5.41, 5.74) is 6.78. The van der Waals surface area contributed by atoms with Crippen LogP contribution in [0, 0.1) is 5.41 Å². The molecule has 0 heterocycles. The molecule has 5 heteroatoms. The molecule has 1 aromatic rings. The van der Waals surface area contributed by atoms with Crippen LogP contribution in [0.25, 0.3) is 0 Å². The Morgan fingerprint density at radius 3 is 2.50 bits per heavy atom. The van der Waals surface area contributed by atoms with E-state index < -0.39 is 5.41 Å². The quantitative estimate of drug-likeness (QED) is 0.813. The largest absolute Gasteiger partial charge is 0.392 e. The Morgan fingerprint density at radius 2 is 2.00 bits per heavy atom. The number of carbonyl (C=O) groups is 1. The number of hydrogen-bond donors (Lipinski definition) is 2. The summed E-state index contributed by atoms with van der Waals surface area (Å²) in [5.74, 6) is -0.0932. The van der Waals surface area contributed by atoms with Crippen LogP contribution >= 0.6 is 12.2 Å². The Bertz CT molecular complexity index is 495. The van der Waals surface area contributed by atoms with Gasteiger partial charge in [0.1, 0.15) is 0 Å². The highest BCUT2D eigenvalue weighted by atomic mass is 32.1. The molecule has 18 heavy (non-hydrogen) atoms. The van der Waals surface area contributed by atoms with Crippen LogP contribution < -0.4 is 16.0 Å². The summed E-state index contributed by atoms with van der Waals surface area (Å²) in [6.07, 6.45) is 1.50. The van der Waals surface area contributed by atoms with Gasteiger partial charge in [-0.3, -0.25) is 4.79 Å². The molecule has 1 saturated carbocycles. The Balaban J connectivity index is 2.20. The number of nitrogens with zero attached hydrogens (tertiary/aromatic N) is 1. The number of amides is 1. The second-order valence-electron chi connectivity index (χ2n) is 4.81. The molecule has 0 spiro atoms. The molecule has 0 saturated heterocycles.